The minimum Gasteiger partial charge on any atom is -0.384 e. The average molecular weight is 213 g/mol. The van der Waals surface area contributed by atoms with Crippen LogP contribution in [0.15, 0.2) is 30.7 Å². The molecule has 1 unspecified atom stereocenters. The lowest BCUT2D eigenvalue weighted by Crippen LogP contribution is -2.01. The highest BCUT2D eigenvalue weighted by Crippen LogP contribution is 2.34. The van der Waals surface area contributed by atoms with Crippen LogP contribution in [0.25, 0.3) is 0 Å². The van der Waals surface area contributed by atoms with E-state index >= 15 is 0 Å². The van der Waals surface area contributed by atoms with Crippen molar-refractivity contribution in [1.29, 1.82) is 0 Å². The molecule has 3 rings (SSSR count). The fraction of sp³-hybridized carbons (Fsp3) is 0.308. The van der Waals surface area contributed by atoms with Crippen molar-refractivity contribution < 1.29 is 0 Å². The van der Waals surface area contributed by atoms with Crippen LogP contribution in [0, 0.1) is 0 Å². The number of fused-ring (bicyclic) bond motifs is 1. The van der Waals surface area contributed by atoms with E-state index < -0.39 is 0 Å². The Kier molecular flexibility index (Phi) is 2.17. The first-order chi connectivity index (χ1) is 7.86. The van der Waals surface area contributed by atoms with Gasteiger partial charge in [-0.05, 0) is 17.5 Å². The Hall–Kier alpha value is -1.77. The van der Waals surface area contributed by atoms with E-state index in [0.29, 0.717) is 5.92 Å². The molecule has 2 heterocycles. The number of imidazole rings is 1. The molecule has 1 aliphatic heterocycles. The number of para-hydroxylation sites is 1. The number of anilines is 1. The Morgan fingerprint density at radius 3 is 3.12 bits per heavy atom. The molecule has 0 amide bonds. The van der Waals surface area contributed by atoms with E-state index in [2.05, 4.69) is 40.4 Å². The number of nitrogens with one attached hydrogen (secondary N) is 2. The summed E-state index contributed by atoms with van der Waals surface area (Å²) in [5.41, 5.74) is 5.20. The van der Waals surface area contributed by atoms with Gasteiger partial charge in [0.2, 0.25) is 0 Å². The minimum atomic E-state index is 0.340. The highest BCUT2D eigenvalue weighted by atomic mass is 14.9. The van der Waals surface area contributed by atoms with E-state index in [4.69, 9.17) is 0 Å². The predicted octanol–water partition coefficient (Wildman–Crippen LogP) is 2.53. The summed E-state index contributed by atoms with van der Waals surface area (Å²) in [6.45, 7) is 3.26. The number of aromatic nitrogens is 2. The van der Waals surface area contributed by atoms with Crippen molar-refractivity contribution in [3.8, 4) is 0 Å². The van der Waals surface area contributed by atoms with Gasteiger partial charge in [0, 0.05) is 24.3 Å². The first kappa shape index (κ1) is 9.46. The zero-order chi connectivity index (χ0) is 11.0. The van der Waals surface area contributed by atoms with Gasteiger partial charge in [0.15, 0.2) is 0 Å². The summed E-state index contributed by atoms with van der Waals surface area (Å²) in [6.07, 6.45) is 4.85. The Morgan fingerprint density at radius 2 is 2.31 bits per heavy atom. The van der Waals surface area contributed by atoms with Crippen molar-refractivity contribution in [2.24, 2.45) is 0 Å². The lowest BCUT2D eigenvalue weighted by molar-refractivity contribution is 0.885. The predicted molar refractivity (Wildman–Crippen MR) is 64.7 cm³/mol. The molecule has 0 saturated heterocycles. The van der Waals surface area contributed by atoms with Crippen LogP contribution < -0.4 is 5.32 Å². The second-order valence-electron chi connectivity index (χ2n) is 4.27. The third kappa shape index (κ3) is 1.40. The smallest absolute Gasteiger partial charge is 0.0923 e. The molecule has 0 spiro atoms. The topological polar surface area (TPSA) is 40.7 Å². The van der Waals surface area contributed by atoms with Gasteiger partial charge in [0.1, 0.15) is 0 Å². The summed E-state index contributed by atoms with van der Waals surface area (Å²) < 4.78 is 0. The number of rotatable bonds is 2. The highest BCUT2D eigenvalue weighted by Gasteiger charge is 2.19. The fourth-order valence-corrected chi connectivity index (χ4v) is 2.39. The van der Waals surface area contributed by atoms with Crippen LogP contribution in [0.4, 0.5) is 5.69 Å². The lowest BCUT2D eigenvalue weighted by atomic mass is 9.94. The van der Waals surface area contributed by atoms with Crippen LogP contribution in [0.2, 0.25) is 0 Å². The Morgan fingerprint density at radius 1 is 1.38 bits per heavy atom. The van der Waals surface area contributed by atoms with Gasteiger partial charge in [-0.1, -0.05) is 25.1 Å². The van der Waals surface area contributed by atoms with Crippen LogP contribution in [-0.4, -0.2) is 16.5 Å². The Bertz CT molecular complexity index is 488. The largest absolute Gasteiger partial charge is 0.384 e. The molecule has 3 heteroatoms. The number of H-pyrrole nitrogens is 1. The van der Waals surface area contributed by atoms with E-state index in [9.17, 15) is 0 Å². The van der Waals surface area contributed by atoms with Gasteiger partial charge in [-0.15, -0.1) is 0 Å². The maximum absolute atomic E-state index is 4.33. The minimum absolute atomic E-state index is 0.340. The summed E-state index contributed by atoms with van der Waals surface area (Å²) in [6, 6.07) is 6.54. The van der Waals surface area contributed by atoms with Crippen molar-refractivity contribution in [2.45, 2.75) is 19.3 Å². The van der Waals surface area contributed by atoms with Crippen molar-refractivity contribution in [1.82, 2.24) is 9.97 Å². The van der Waals surface area contributed by atoms with Crippen molar-refractivity contribution in [3.05, 3.63) is 47.5 Å². The quantitative estimate of drug-likeness (QED) is 0.804. The third-order valence-electron chi connectivity index (χ3n) is 3.31. The average Bonchev–Trinajstić information content (AvgIpc) is 2.98. The van der Waals surface area contributed by atoms with Crippen LogP contribution in [0.5, 0.6) is 0 Å². The number of nitrogens with zero attached hydrogens (tertiary/aromatic N) is 1. The first-order valence-corrected chi connectivity index (χ1v) is 5.70. The molecule has 1 atom stereocenters. The maximum atomic E-state index is 4.33. The molecular weight excluding hydrogens is 198 g/mol. The van der Waals surface area contributed by atoms with E-state index in [1.165, 1.54) is 16.8 Å². The van der Waals surface area contributed by atoms with Gasteiger partial charge in [-0.25, -0.2) is 4.98 Å². The summed E-state index contributed by atoms with van der Waals surface area (Å²) >= 11 is 0. The molecule has 1 aromatic carbocycles. The number of hydrogen-bond donors (Lipinski definition) is 2. The zero-order valence-corrected chi connectivity index (χ0v) is 9.33. The lowest BCUT2D eigenvalue weighted by Gasteiger charge is -2.14. The van der Waals surface area contributed by atoms with E-state index in [1.54, 1.807) is 6.33 Å². The standard InChI is InChI=1S/C13H15N3/c1-9(12-7-14-8-16-12)11-4-2-3-10-5-6-15-13(10)11/h2-4,7-9,15H,5-6H2,1H3,(H,14,16). The summed E-state index contributed by atoms with van der Waals surface area (Å²) in [5, 5.41) is 3.47. The number of hydrogen-bond acceptors (Lipinski definition) is 2. The zero-order valence-electron chi connectivity index (χ0n) is 9.33. The number of aromatic amines is 1. The molecule has 0 fully saturated rings. The van der Waals surface area contributed by atoms with Crippen molar-refractivity contribution >= 4 is 5.69 Å². The van der Waals surface area contributed by atoms with Crippen LogP contribution in [-0.2, 0) is 6.42 Å². The molecule has 1 aromatic heterocycles. The van der Waals surface area contributed by atoms with Crippen LogP contribution in [0.1, 0.15) is 29.7 Å². The molecule has 0 aliphatic carbocycles. The van der Waals surface area contributed by atoms with Gasteiger partial charge in [-0.3, -0.25) is 0 Å². The fourth-order valence-electron chi connectivity index (χ4n) is 2.39. The molecule has 1 aliphatic rings. The second-order valence-corrected chi connectivity index (χ2v) is 4.27. The second kappa shape index (κ2) is 3.67. The molecule has 82 valence electrons. The maximum Gasteiger partial charge on any atom is 0.0923 e. The van der Waals surface area contributed by atoms with E-state index in [1.807, 2.05) is 6.20 Å². The van der Waals surface area contributed by atoms with Crippen molar-refractivity contribution in [3.63, 3.8) is 0 Å². The van der Waals surface area contributed by atoms with Gasteiger partial charge in [0.25, 0.3) is 0 Å². The van der Waals surface area contributed by atoms with Crippen LogP contribution >= 0.6 is 0 Å². The Balaban J connectivity index is 2.04. The van der Waals surface area contributed by atoms with Gasteiger partial charge < -0.3 is 10.3 Å². The summed E-state index contributed by atoms with van der Waals surface area (Å²) in [5.74, 6) is 0.340. The molecule has 0 radical (unpaired) electrons. The highest BCUT2D eigenvalue weighted by molar-refractivity contribution is 5.63. The van der Waals surface area contributed by atoms with Crippen LogP contribution in [0.3, 0.4) is 0 Å². The number of benzene rings is 1. The molecule has 2 aromatic rings. The molecule has 3 nitrogen and oxygen atoms in total. The van der Waals surface area contributed by atoms with Gasteiger partial charge >= 0.3 is 0 Å². The van der Waals surface area contributed by atoms with Gasteiger partial charge in [0.05, 0.1) is 12.0 Å². The van der Waals surface area contributed by atoms with Gasteiger partial charge in [-0.2, -0.15) is 0 Å². The summed E-state index contributed by atoms with van der Waals surface area (Å²) in [4.78, 5) is 7.35. The molecule has 16 heavy (non-hydrogen) atoms. The normalized spacial score (nSPS) is 15.6. The molecular formula is C13H15N3. The third-order valence-corrected chi connectivity index (χ3v) is 3.31. The Labute approximate surface area is 94.9 Å². The molecule has 0 bridgehead atoms. The van der Waals surface area contributed by atoms with E-state index in [-0.39, 0.29) is 0 Å². The molecule has 2 N–H and O–H groups in total. The SMILES string of the molecule is CC(c1c[nH]cn1)c1cccc2c1NCC2. The van der Waals surface area contributed by atoms with E-state index in [0.717, 1.165) is 18.7 Å². The molecule has 0 saturated carbocycles. The monoisotopic (exact) mass is 213 g/mol. The van der Waals surface area contributed by atoms with Crippen molar-refractivity contribution in [2.75, 3.05) is 11.9 Å². The first-order valence-electron chi connectivity index (χ1n) is 5.70. The summed E-state index contributed by atoms with van der Waals surface area (Å²) in [7, 11) is 0.